The van der Waals surface area contributed by atoms with Crippen LogP contribution in [-0.4, -0.2) is 6.61 Å². The second-order valence-corrected chi connectivity index (χ2v) is 3.27. The number of hydrogen-bond donors (Lipinski definition) is 0. The molecule has 2 atom stereocenters. The van der Waals surface area contributed by atoms with Crippen LogP contribution in [0.5, 0.6) is 0 Å². The Hall–Kier alpha value is -0.720. The van der Waals surface area contributed by atoms with E-state index in [-0.39, 0.29) is 0 Å². The summed E-state index contributed by atoms with van der Waals surface area (Å²) >= 11 is 0. The maximum atomic E-state index is 5.38. The summed E-state index contributed by atoms with van der Waals surface area (Å²) in [7, 11) is 0. The number of allylic oxidation sites excluding steroid dienone is 2. The minimum atomic E-state index is 0.737. The summed E-state index contributed by atoms with van der Waals surface area (Å²) in [4.78, 5) is 0. The molecule has 1 aliphatic rings. The first kappa shape index (κ1) is 9.37. The molecule has 1 heteroatoms. The molecule has 1 nitrogen and oxygen atoms in total. The molecule has 0 aliphatic heterocycles. The molecule has 1 rings (SSSR count). The zero-order valence-corrected chi connectivity index (χ0v) is 8.05. The molecule has 0 aromatic heterocycles. The fourth-order valence-electron chi connectivity index (χ4n) is 1.50. The van der Waals surface area contributed by atoms with Gasteiger partial charge in [-0.2, -0.15) is 0 Å². The highest BCUT2D eigenvalue weighted by molar-refractivity contribution is 5.14. The molecule has 12 heavy (non-hydrogen) atoms. The van der Waals surface area contributed by atoms with Gasteiger partial charge in [0.1, 0.15) is 5.76 Å². The molecule has 1 saturated carbocycles. The Bertz CT molecular complexity index is 181. The third-order valence-electron chi connectivity index (χ3n) is 2.39. The summed E-state index contributed by atoms with van der Waals surface area (Å²) < 4.78 is 5.38. The molecule has 0 bridgehead atoms. The molecule has 0 aromatic carbocycles. The van der Waals surface area contributed by atoms with Crippen molar-refractivity contribution in [2.45, 2.75) is 26.7 Å². The van der Waals surface area contributed by atoms with E-state index in [4.69, 9.17) is 4.74 Å². The second kappa shape index (κ2) is 4.34. The Labute approximate surface area is 75.1 Å². The third-order valence-corrected chi connectivity index (χ3v) is 2.39. The van der Waals surface area contributed by atoms with Crippen LogP contribution in [0.4, 0.5) is 0 Å². The summed E-state index contributed by atoms with van der Waals surface area (Å²) in [6, 6.07) is 0. The van der Waals surface area contributed by atoms with E-state index in [1.807, 2.05) is 6.92 Å². The van der Waals surface area contributed by atoms with Crippen molar-refractivity contribution in [2.75, 3.05) is 6.61 Å². The fourth-order valence-corrected chi connectivity index (χ4v) is 1.50. The number of ether oxygens (including phenoxy) is 1. The molecule has 0 saturated heterocycles. The smallest absolute Gasteiger partial charge is 0.114 e. The van der Waals surface area contributed by atoms with E-state index in [1.54, 1.807) is 6.08 Å². The zero-order valence-electron chi connectivity index (χ0n) is 8.05. The SMILES string of the molecule is C=C/C(=C\C1CC1CC)OCC. The van der Waals surface area contributed by atoms with Crippen LogP contribution >= 0.6 is 0 Å². The largest absolute Gasteiger partial charge is 0.494 e. The number of hydrogen-bond acceptors (Lipinski definition) is 1. The van der Waals surface area contributed by atoms with Crippen molar-refractivity contribution in [1.29, 1.82) is 0 Å². The zero-order chi connectivity index (χ0) is 8.97. The van der Waals surface area contributed by atoms with Gasteiger partial charge in [-0.1, -0.05) is 19.9 Å². The van der Waals surface area contributed by atoms with Crippen molar-refractivity contribution in [3.63, 3.8) is 0 Å². The van der Waals surface area contributed by atoms with Gasteiger partial charge < -0.3 is 4.74 Å². The average Bonchev–Trinajstić information content (AvgIpc) is 2.82. The fraction of sp³-hybridized carbons (Fsp3) is 0.636. The minimum Gasteiger partial charge on any atom is -0.494 e. The van der Waals surface area contributed by atoms with E-state index < -0.39 is 0 Å². The van der Waals surface area contributed by atoms with Crippen LogP contribution in [0, 0.1) is 11.8 Å². The van der Waals surface area contributed by atoms with Gasteiger partial charge in [-0.3, -0.25) is 0 Å². The first-order valence-electron chi connectivity index (χ1n) is 4.78. The maximum Gasteiger partial charge on any atom is 0.114 e. The molecular weight excluding hydrogens is 148 g/mol. The topological polar surface area (TPSA) is 9.23 Å². The van der Waals surface area contributed by atoms with Gasteiger partial charge in [0.05, 0.1) is 6.61 Å². The summed E-state index contributed by atoms with van der Waals surface area (Å²) in [6.45, 7) is 8.70. The van der Waals surface area contributed by atoms with E-state index in [1.165, 1.54) is 12.8 Å². The van der Waals surface area contributed by atoms with E-state index in [0.717, 1.165) is 24.2 Å². The van der Waals surface area contributed by atoms with Crippen LogP contribution < -0.4 is 0 Å². The lowest BCUT2D eigenvalue weighted by atomic mass is 10.2. The van der Waals surface area contributed by atoms with Crippen molar-refractivity contribution in [2.24, 2.45) is 11.8 Å². The Morgan fingerprint density at radius 2 is 2.33 bits per heavy atom. The van der Waals surface area contributed by atoms with Crippen LogP contribution in [0.3, 0.4) is 0 Å². The van der Waals surface area contributed by atoms with E-state index in [2.05, 4.69) is 19.6 Å². The highest BCUT2D eigenvalue weighted by Crippen LogP contribution is 2.42. The van der Waals surface area contributed by atoms with Crippen LogP contribution in [0.2, 0.25) is 0 Å². The lowest BCUT2D eigenvalue weighted by Gasteiger charge is -2.02. The van der Waals surface area contributed by atoms with Crippen molar-refractivity contribution in [1.82, 2.24) is 0 Å². The first-order chi connectivity index (χ1) is 5.81. The van der Waals surface area contributed by atoms with Crippen LogP contribution in [0.25, 0.3) is 0 Å². The quantitative estimate of drug-likeness (QED) is 0.450. The van der Waals surface area contributed by atoms with Crippen molar-refractivity contribution in [3.05, 3.63) is 24.5 Å². The molecule has 0 amide bonds. The maximum absolute atomic E-state index is 5.38. The monoisotopic (exact) mass is 166 g/mol. The Balaban J connectivity index is 2.38. The van der Waals surface area contributed by atoms with Gasteiger partial charge in [-0.25, -0.2) is 0 Å². The molecule has 0 spiro atoms. The Morgan fingerprint density at radius 1 is 1.58 bits per heavy atom. The highest BCUT2D eigenvalue weighted by Gasteiger charge is 2.33. The molecule has 68 valence electrons. The van der Waals surface area contributed by atoms with E-state index >= 15 is 0 Å². The van der Waals surface area contributed by atoms with Crippen molar-refractivity contribution >= 4 is 0 Å². The molecule has 1 fully saturated rings. The van der Waals surface area contributed by atoms with Gasteiger partial charge >= 0.3 is 0 Å². The normalized spacial score (nSPS) is 28.3. The summed E-state index contributed by atoms with van der Waals surface area (Å²) in [5.41, 5.74) is 0. The molecule has 2 unspecified atom stereocenters. The van der Waals surface area contributed by atoms with Crippen molar-refractivity contribution < 1.29 is 4.74 Å². The molecule has 0 heterocycles. The average molecular weight is 166 g/mol. The van der Waals surface area contributed by atoms with Crippen LogP contribution in [0.15, 0.2) is 24.5 Å². The summed E-state index contributed by atoms with van der Waals surface area (Å²) in [6.07, 6.45) is 6.64. The summed E-state index contributed by atoms with van der Waals surface area (Å²) in [5.74, 6) is 2.62. The molecule has 0 radical (unpaired) electrons. The van der Waals surface area contributed by atoms with Crippen LogP contribution in [0.1, 0.15) is 26.7 Å². The highest BCUT2D eigenvalue weighted by atomic mass is 16.5. The summed E-state index contributed by atoms with van der Waals surface area (Å²) in [5, 5.41) is 0. The van der Waals surface area contributed by atoms with Gasteiger partial charge in [-0.05, 0) is 37.3 Å². The van der Waals surface area contributed by atoms with Gasteiger partial charge in [0.15, 0.2) is 0 Å². The minimum absolute atomic E-state index is 0.737. The molecule has 0 aromatic rings. The standard InChI is InChI=1S/C11H18O/c1-4-9-7-10(9)8-11(5-2)12-6-3/h5,8-10H,2,4,6-7H2,1,3H3/b11-8+. The van der Waals surface area contributed by atoms with Gasteiger partial charge in [0, 0.05) is 0 Å². The Kier molecular flexibility index (Phi) is 3.39. The van der Waals surface area contributed by atoms with Crippen molar-refractivity contribution in [3.8, 4) is 0 Å². The van der Waals surface area contributed by atoms with Gasteiger partial charge in [0.25, 0.3) is 0 Å². The Morgan fingerprint density at radius 3 is 2.75 bits per heavy atom. The van der Waals surface area contributed by atoms with Gasteiger partial charge in [0.2, 0.25) is 0 Å². The lowest BCUT2D eigenvalue weighted by Crippen LogP contribution is -1.88. The van der Waals surface area contributed by atoms with Gasteiger partial charge in [-0.15, -0.1) is 0 Å². The predicted molar refractivity (Wildman–Crippen MR) is 51.8 cm³/mol. The lowest BCUT2D eigenvalue weighted by molar-refractivity contribution is 0.241. The van der Waals surface area contributed by atoms with E-state index in [0.29, 0.717) is 0 Å². The third kappa shape index (κ3) is 2.40. The molecular formula is C11H18O. The van der Waals surface area contributed by atoms with E-state index in [9.17, 15) is 0 Å². The first-order valence-corrected chi connectivity index (χ1v) is 4.78. The molecule has 0 N–H and O–H groups in total. The van der Waals surface area contributed by atoms with Crippen LogP contribution in [-0.2, 0) is 4.74 Å². The number of rotatable bonds is 5. The molecule has 1 aliphatic carbocycles. The predicted octanol–water partition coefficient (Wildman–Crippen LogP) is 3.14. The second-order valence-electron chi connectivity index (χ2n) is 3.27.